The zero-order valence-electron chi connectivity index (χ0n) is 19.5. The topological polar surface area (TPSA) is 95.9 Å². The summed E-state index contributed by atoms with van der Waals surface area (Å²) in [6, 6.07) is 16.3. The molecule has 2 aliphatic rings. The van der Waals surface area contributed by atoms with E-state index in [4.69, 9.17) is 4.74 Å². The van der Waals surface area contributed by atoms with Crippen LogP contribution in [-0.4, -0.2) is 53.7 Å². The maximum Gasteiger partial charge on any atom is 0.407 e. The van der Waals surface area contributed by atoms with Gasteiger partial charge in [0.2, 0.25) is 5.91 Å². The van der Waals surface area contributed by atoms with Gasteiger partial charge in [0.1, 0.15) is 6.61 Å². The first-order valence-electron chi connectivity index (χ1n) is 11.7. The molecule has 0 aromatic heterocycles. The van der Waals surface area contributed by atoms with E-state index in [-0.39, 0.29) is 37.6 Å². The lowest BCUT2D eigenvalue weighted by Crippen LogP contribution is -2.47. The van der Waals surface area contributed by atoms with Gasteiger partial charge in [0.25, 0.3) is 0 Å². The molecule has 2 unspecified atom stereocenters. The Bertz CT molecular complexity index is 1080. The summed E-state index contributed by atoms with van der Waals surface area (Å²) in [6.07, 6.45) is 2.33. The summed E-state index contributed by atoms with van der Waals surface area (Å²) in [6.45, 7) is 4.19. The molecule has 1 aliphatic heterocycles. The number of amides is 2. The molecule has 2 aromatic carbocycles. The maximum absolute atomic E-state index is 12.8. The highest BCUT2D eigenvalue weighted by molar-refractivity contribution is 5.93. The van der Waals surface area contributed by atoms with Crippen molar-refractivity contribution in [3.63, 3.8) is 0 Å². The monoisotopic (exact) mass is 462 g/mol. The number of fused-ring (bicyclic) bond motifs is 3. The summed E-state index contributed by atoms with van der Waals surface area (Å²) >= 11 is 0. The Hall–Kier alpha value is -3.61. The van der Waals surface area contributed by atoms with E-state index < -0.39 is 18.0 Å². The van der Waals surface area contributed by atoms with Crippen LogP contribution in [0.3, 0.4) is 0 Å². The number of alkyl carbamates (subject to hydrolysis) is 1. The van der Waals surface area contributed by atoms with Crippen molar-refractivity contribution in [1.29, 1.82) is 0 Å². The Morgan fingerprint density at radius 3 is 2.29 bits per heavy atom. The van der Waals surface area contributed by atoms with Gasteiger partial charge in [-0.1, -0.05) is 54.6 Å². The van der Waals surface area contributed by atoms with E-state index in [9.17, 15) is 19.5 Å². The number of rotatable bonds is 6. The third-order valence-electron chi connectivity index (χ3n) is 6.83. The first-order valence-corrected chi connectivity index (χ1v) is 11.7. The number of likely N-dealkylation sites (tertiary alicyclic amines) is 1. The van der Waals surface area contributed by atoms with Crippen molar-refractivity contribution < 1.29 is 24.2 Å². The molecule has 0 radical (unpaired) electrons. The van der Waals surface area contributed by atoms with Crippen LogP contribution in [0.4, 0.5) is 4.79 Å². The average molecular weight is 463 g/mol. The quantitative estimate of drug-likeness (QED) is 0.628. The van der Waals surface area contributed by atoms with Gasteiger partial charge in [-0.3, -0.25) is 9.59 Å². The van der Waals surface area contributed by atoms with Crippen LogP contribution < -0.4 is 5.32 Å². The minimum absolute atomic E-state index is 0.0125. The average Bonchev–Trinajstić information content (AvgIpc) is 3.16. The van der Waals surface area contributed by atoms with E-state index in [2.05, 4.69) is 29.6 Å². The molecule has 1 heterocycles. The van der Waals surface area contributed by atoms with E-state index >= 15 is 0 Å². The van der Waals surface area contributed by atoms with Crippen molar-refractivity contribution in [3.8, 4) is 11.1 Å². The van der Waals surface area contributed by atoms with E-state index in [0.29, 0.717) is 18.4 Å². The van der Waals surface area contributed by atoms with Crippen molar-refractivity contribution in [2.75, 3.05) is 19.7 Å². The summed E-state index contributed by atoms with van der Waals surface area (Å²) in [7, 11) is 0. The van der Waals surface area contributed by atoms with Crippen LogP contribution in [0.15, 0.2) is 60.2 Å². The fraction of sp³-hybridized carbons (Fsp3) is 0.370. The molecule has 0 saturated carbocycles. The van der Waals surface area contributed by atoms with Crippen LogP contribution in [0.1, 0.15) is 43.7 Å². The van der Waals surface area contributed by atoms with Crippen LogP contribution in [0.5, 0.6) is 0 Å². The number of carboxylic acids is 1. The highest BCUT2D eigenvalue weighted by atomic mass is 16.5. The molecular formula is C27H30N2O5. The Morgan fingerprint density at radius 1 is 1.06 bits per heavy atom. The summed E-state index contributed by atoms with van der Waals surface area (Å²) < 4.78 is 5.52. The Balaban J connectivity index is 1.31. The van der Waals surface area contributed by atoms with Gasteiger partial charge in [-0.15, -0.1) is 0 Å². The number of benzene rings is 2. The Kier molecular flexibility index (Phi) is 7.01. The van der Waals surface area contributed by atoms with Crippen molar-refractivity contribution in [1.82, 2.24) is 10.2 Å². The van der Waals surface area contributed by atoms with Gasteiger partial charge in [0, 0.05) is 30.6 Å². The highest BCUT2D eigenvalue weighted by Crippen LogP contribution is 2.44. The van der Waals surface area contributed by atoms with Crippen molar-refractivity contribution >= 4 is 18.0 Å². The second-order valence-corrected chi connectivity index (χ2v) is 9.01. The number of piperidine rings is 1. The minimum atomic E-state index is -0.872. The molecule has 7 nitrogen and oxygen atoms in total. The van der Waals surface area contributed by atoms with Gasteiger partial charge in [-0.2, -0.15) is 0 Å². The number of carbonyl (C=O) groups is 3. The lowest BCUT2D eigenvalue weighted by Gasteiger charge is -2.36. The molecule has 1 saturated heterocycles. The third-order valence-corrected chi connectivity index (χ3v) is 6.83. The van der Waals surface area contributed by atoms with Gasteiger partial charge in [0.15, 0.2) is 0 Å². The summed E-state index contributed by atoms with van der Waals surface area (Å²) in [5, 5.41) is 12.0. The van der Waals surface area contributed by atoms with Crippen molar-refractivity contribution in [2.45, 2.75) is 38.6 Å². The highest BCUT2D eigenvalue weighted by Gasteiger charge is 2.33. The number of nitrogens with zero attached hydrogens (tertiary/aromatic N) is 1. The largest absolute Gasteiger partial charge is 0.481 e. The molecule has 178 valence electrons. The normalized spacial score (nSPS) is 19.8. The van der Waals surface area contributed by atoms with Crippen LogP contribution in [0.2, 0.25) is 0 Å². The lowest BCUT2D eigenvalue weighted by molar-refractivity contribution is -0.146. The summed E-state index contributed by atoms with van der Waals surface area (Å²) in [5.74, 6) is -1.62. The predicted octanol–water partition coefficient (Wildman–Crippen LogP) is 4.18. The lowest BCUT2D eigenvalue weighted by atomic mass is 9.93. The molecule has 7 heteroatoms. The number of ether oxygens (including phenoxy) is 1. The predicted molar refractivity (Wildman–Crippen MR) is 128 cm³/mol. The minimum Gasteiger partial charge on any atom is -0.481 e. The molecule has 0 bridgehead atoms. The second kappa shape index (κ2) is 10.1. The van der Waals surface area contributed by atoms with Crippen LogP contribution in [0, 0.1) is 5.92 Å². The smallest absolute Gasteiger partial charge is 0.407 e. The van der Waals surface area contributed by atoms with E-state index in [0.717, 1.165) is 11.1 Å². The summed E-state index contributed by atoms with van der Waals surface area (Å²) in [4.78, 5) is 38.1. The SMILES string of the molecule is C/C(=C\CNC(=O)OCC1c2ccccc2-c2ccccc21)C(=O)N1CC(C(=O)O)CCC1C. The molecule has 2 atom stereocenters. The third kappa shape index (κ3) is 4.83. The van der Waals surface area contributed by atoms with E-state index in [1.807, 2.05) is 31.2 Å². The van der Waals surface area contributed by atoms with E-state index in [1.165, 1.54) is 11.1 Å². The fourth-order valence-corrected chi connectivity index (χ4v) is 4.84. The molecule has 0 spiro atoms. The fourth-order valence-electron chi connectivity index (χ4n) is 4.84. The first kappa shape index (κ1) is 23.5. The van der Waals surface area contributed by atoms with Gasteiger partial charge < -0.3 is 20.1 Å². The van der Waals surface area contributed by atoms with Crippen LogP contribution in [0.25, 0.3) is 11.1 Å². The zero-order valence-corrected chi connectivity index (χ0v) is 19.5. The number of hydrogen-bond donors (Lipinski definition) is 2. The van der Waals surface area contributed by atoms with Crippen molar-refractivity contribution in [3.05, 3.63) is 71.3 Å². The molecular weight excluding hydrogens is 432 g/mol. The molecule has 1 fully saturated rings. The standard InChI is InChI=1S/C27H30N2O5/c1-17(25(30)29-15-19(26(31)32)12-11-18(29)2)13-14-28-27(33)34-16-24-22-9-5-3-7-20(22)21-8-4-6-10-23(21)24/h3-10,13,18-19,24H,11-12,14-16H2,1-2H3,(H,28,33)(H,31,32)/b17-13+. The molecule has 34 heavy (non-hydrogen) atoms. The molecule has 2 N–H and O–H groups in total. The number of aliphatic carboxylic acids is 1. The number of carboxylic acid groups (broad SMARTS) is 1. The molecule has 1 aliphatic carbocycles. The van der Waals surface area contributed by atoms with E-state index in [1.54, 1.807) is 17.9 Å². The summed E-state index contributed by atoms with van der Waals surface area (Å²) in [5.41, 5.74) is 5.10. The number of hydrogen-bond acceptors (Lipinski definition) is 4. The van der Waals surface area contributed by atoms with Gasteiger partial charge in [-0.05, 0) is 48.9 Å². The second-order valence-electron chi connectivity index (χ2n) is 9.01. The van der Waals surface area contributed by atoms with Crippen molar-refractivity contribution in [2.24, 2.45) is 5.92 Å². The van der Waals surface area contributed by atoms with Gasteiger partial charge >= 0.3 is 12.1 Å². The Morgan fingerprint density at radius 2 is 1.68 bits per heavy atom. The van der Waals surface area contributed by atoms with Crippen LogP contribution in [-0.2, 0) is 14.3 Å². The first-order chi connectivity index (χ1) is 16.4. The number of nitrogens with one attached hydrogen (secondary N) is 1. The molecule has 2 amide bonds. The van der Waals surface area contributed by atoms with Gasteiger partial charge in [0.05, 0.1) is 5.92 Å². The molecule has 2 aromatic rings. The van der Waals surface area contributed by atoms with Crippen LogP contribution >= 0.6 is 0 Å². The zero-order chi connectivity index (χ0) is 24.2. The van der Waals surface area contributed by atoms with Gasteiger partial charge in [-0.25, -0.2) is 4.79 Å². The molecule has 4 rings (SSSR count). The maximum atomic E-state index is 12.8. The Labute approximate surface area is 199 Å². The number of carbonyl (C=O) groups excluding carboxylic acids is 2.